The molecule has 0 saturated heterocycles. The van der Waals surface area contributed by atoms with Gasteiger partial charge in [-0.1, -0.05) is 0 Å². The van der Waals surface area contributed by atoms with Gasteiger partial charge >= 0.3 is 0 Å². The zero-order valence-electron chi connectivity index (χ0n) is 13.0. The summed E-state index contributed by atoms with van der Waals surface area (Å²) < 4.78 is 15.0. The monoisotopic (exact) mass is 329 g/mol. The average molecular weight is 329 g/mol. The summed E-state index contributed by atoms with van der Waals surface area (Å²) in [7, 11) is 0. The number of halogens is 1. The van der Waals surface area contributed by atoms with Crippen molar-refractivity contribution in [1.29, 1.82) is 5.26 Å². The highest BCUT2D eigenvalue weighted by molar-refractivity contribution is 5.92. The number of hydrogen-bond acceptors (Lipinski definition) is 4. The topological polar surface area (TPSA) is 80.0 Å². The van der Waals surface area contributed by atoms with Gasteiger partial charge in [0.05, 0.1) is 11.1 Å². The lowest BCUT2D eigenvalue weighted by Gasteiger charge is -2.05. The van der Waals surface area contributed by atoms with E-state index in [-0.39, 0.29) is 5.82 Å². The van der Waals surface area contributed by atoms with Crippen LogP contribution in [0.15, 0.2) is 60.9 Å². The largest absolute Gasteiger partial charge is 0.384 e. The Kier molecular flexibility index (Phi) is 3.40. The van der Waals surface area contributed by atoms with Crippen molar-refractivity contribution in [2.75, 3.05) is 5.73 Å². The first-order valence-electron chi connectivity index (χ1n) is 7.56. The number of rotatable bonds is 2. The molecular formula is C19H12FN5. The number of anilines is 1. The number of aromatic nitrogens is 3. The molecule has 0 bridgehead atoms. The van der Waals surface area contributed by atoms with E-state index in [9.17, 15) is 4.39 Å². The first-order valence-corrected chi connectivity index (χ1v) is 7.56. The van der Waals surface area contributed by atoms with E-state index in [1.54, 1.807) is 41.2 Å². The Morgan fingerprint density at radius 3 is 2.56 bits per heavy atom. The summed E-state index contributed by atoms with van der Waals surface area (Å²) in [6.45, 7) is 0. The maximum absolute atomic E-state index is 13.3. The molecule has 0 atom stereocenters. The number of fused-ring (bicyclic) bond motifs is 1. The zero-order chi connectivity index (χ0) is 17.4. The van der Waals surface area contributed by atoms with Crippen LogP contribution in [0.25, 0.3) is 27.9 Å². The molecule has 3 aromatic heterocycles. The molecule has 0 unspecified atom stereocenters. The first kappa shape index (κ1) is 14.8. The van der Waals surface area contributed by atoms with Crippen molar-refractivity contribution in [2.24, 2.45) is 0 Å². The third kappa shape index (κ3) is 2.58. The molecule has 5 nitrogen and oxygen atoms in total. The predicted octanol–water partition coefficient (Wildman–Crippen LogP) is 3.66. The lowest BCUT2D eigenvalue weighted by molar-refractivity contribution is 0.628. The molecule has 0 saturated carbocycles. The fourth-order valence-corrected chi connectivity index (χ4v) is 2.81. The van der Waals surface area contributed by atoms with E-state index in [0.717, 1.165) is 22.2 Å². The van der Waals surface area contributed by atoms with E-state index in [0.29, 0.717) is 17.1 Å². The summed E-state index contributed by atoms with van der Waals surface area (Å²) in [5.74, 6) is 0.0875. The minimum atomic E-state index is -0.311. The van der Waals surface area contributed by atoms with Crippen molar-refractivity contribution < 1.29 is 4.39 Å². The van der Waals surface area contributed by atoms with Gasteiger partial charge < -0.3 is 5.73 Å². The summed E-state index contributed by atoms with van der Waals surface area (Å²) in [5, 5.41) is 13.7. The van der Waals surface area contributed by atoms with Crippen LogP contribution < -0.4 is 5.73 Å². The molecule has 0 fully saturated rings. The molecule has 4 aromatic rings. The molecule has 0 amide bonds. The zero-order valence-corrected chi connectivity index (χ0v) is 13.0. The second kappa shape index (κ2) is 5.73. The maximum Gasteiger partial charge on any atom is 0.123 e. The normalized spacial score (nSPS) is 10.7. The number of benzene rings is 1. The molecule has 0 aliphatic heterocycles. The molecule has 4 rings (SSSR count). The van der Waals surface area contributed by atoms with Gasteiger partial charge in [-0.25, -0.2) is 13.9 Å². The Morgan fingerprint density at radius 1 is 1.04 bits per heavy atom. The molecule has 0 spiro atoms. The summed E-state index contributed by atoms with van der Waals surface area (Å²) in [4.78, 5) is 4.03. The van der Waals surface area contributed by atoms with Gasteiger partial charge in [0.2, 0.25) is 0 Å². The van der Waals surface area contributed by atoms with Gasteiger partial charge in [-0.3, -0.25) is 0 Å². The van der Waals surface area contributed by atoms with Crippen molar-refractivity contribution in [1.82, 2.24) is 14.6 Å². The van der Waals surface area contributed by atoms with Crippen molar-refractivity contribution in [3.63, 3.8) is 0 Å². The Morgan fingerprint density at radius 2 is 1.84 bits per heavy atom. The van der Waals surface area contributed by atoms with Crippen molar-refractivity contribution in [3.8, 4) is 28.5 Å². The standard InChI is InChI=1S/C19H12FN5/c20-15-4-2-13(3-5-15)19-18(14-7-8-23-17(22)9-14)16-6-1-12(10-21)11-25(16)24-19/h1-9,11H,(H2,22,23). The summed E-state index contributed by atoms with van der Waals surface area (Å²) in [6, 6.07) is 15.4. The van der Waals surface area contributed by atoms with Crippen LogP contribution >= 0.6 is 0 Å². The van der Waals surface area contributed by atoms with Crippen LogP contribution in [0.2, 0.25) is 0 Å². The van der Waals surface area contributed by atoms with E-state index in [1.165, 1.54) is 12.1 Å². The Labute approximate surface area is 142 Å². The van der Waals surface area contributed by atoms with Gasteiger partial charge in [0, 0.05) is 23.5 Å². The molecule has 0 aliphatic rings. The van der Waals surface area contributed by atoms with Gasteiger partial charge in [0.1, 0.15) is 23.4 Å². The fraction of sp³-hybridized carbons (Fsp3) is 0. The molecule has 3 heterocycles. The van der Waals surface area contributed by atoms with Crippen LogP contribution in [-0.2, 0) is 0 Å². The van der Waals surface area contributed by atoms with Crippen molar-refractivity contribution >= 4 is 11.3 Å². The molecule has 120 valence electrons. The number of hydrogen-bond donors (Lipinski definition) is 1. The van der Waals surface area contributed by atoms with Crippen LogP contribution in [0.5, 0.6) is 0 Å². The van der Waals surface area contributed by atoms with Gasteiger partial charge in [-0.05, 0) is 54.1 Å². The second-order valence-electron chi connectivity index (χ2n) is 5.56. The van der Waals surface area contributed by atoms with E-state index in [2.05, 4.69) is 16.2 Å². The number of nitrogens with zero attached hydrogens (tertiary/aromatic N) is 4. The van der Waals surface area contributed by atoms with Gasteiger partial charge in [-0.2, -0.15) is 10.4 Å². The van der Waals surface area contributed by atoms with Crippen LogP contribution in [0.3, 0.4) is 0 Å². The van der Waals surface area contributed by atoms with E-state index < -0.39 is 0 Å². The van der Waals surface area contributed by atoms with Crippen LogP contribution in [-0.4, -0.2) is 14.6 Å². The lowest BCUT2D eigenvalue weighted by Crippen LogP contribution is -1.90. The van der Waals surface area contributed by atoms with E-state index >= 15 is 0 Å². The first-order chi connectivity index (χ1) is 12.2. The summed E-state index contributed by atoms with van der Waals surface area (Å²) in [6.07, 6.45) is 3.29. The van der Waals surface area contributed by atoms with Gasteiger partial charge in [0.25, 0.3) is 0 Å². The highest BCUT2D eigenvalue weighted by atomic mass is 19.1. The Balaban J connectivity index is 2.05. The van der Waals surface area contributed by atoms with Gasteiger partial charge in [0.15, 0.2) is 0 Å². The van der Waals surface area contributed by atoms with Crippen LogP contribution in [0.1, 0.15) is 5.56 Å². The third-order valence-corrected chi connectivity index (χ3v) is 3.95. The molecule has 0 aliphatic carbocycles. The lowest BCUT2D eigenvalue weighted by atomic mass is 10.0. The number of pyridine rings is 2. The second-order valence-corrected chi connectivity index (χ2v) is 5.56. The average Bonchev–Trinajstić information content (AvgIpc) is 3.00. The highest BCUT2D eigenvalue weighted by Gasteiger charge is 2.17. The molecule has 6 heteroatoms. The highest BCUT2D eigenvalue weighted by Crippen LogP contribution is 2.35. The molecule has 25 heavy (non-hydrogen) atoms. The number of nitriles is 1. The van der Waals surface area contributed by atoms with Crippen LogP contribution in [0, 0.1) is 17.1 Å². The predicted molar refractivity (Wildman–Crippen MR) is 92.9 cm³/mol. The van der Waals surface area contributed by atoms with E-state index in [4.69, 9.17) is 11.0 Å². The quantitative estimate of drug-likeness (QED) is 0.608. The molecule has 1 aromatic carbocycles. The minimum absolute atomic E-state index is 0.311. The van der Waals surface area contributed by atoms with E-state index in [1.807, 2.05) is 12.1 Å². The Bertz CT molecular complexity index is 1120. The van der Waals surface area contributed by atoms with Crippen molar-refractivity contribution in [3.05, 3.63) is 72.3 Å². The number of nitrogen functional groups attached to an aromatic ring is 1. The molecule has 0 radical (unpaired) electrons. The summed E-state index contributed by atoms with van der Waals surface area (Å²) >= 11 is 0. The molecule has 2 N–H and O–H groups in total. The SMILES string of the molecule is N#Cc1ccc2c(-c3ccnc(N)c3)c(-c3ccc(F)cc3)nn2c1. The summed E-state index contributed by atoms with van der Waals surface area (Å²) in [5.41, 5.74) is 10.3. The van der Waals surface area contributed by atoms with Crippen molar-refractivity contribution in [2.45, 2.75) is 0 Å². The van der Waals surface area contributed by atoms with Crippen LogP contribution in [0.4, 0.5) is 10.2 Å². The fourth-order valence-electron chi connectivity index (χ4n) is 2.81. The Hall–Kier alpha value is -3.72. The molecular weight excluding hydrogens is 317 g/mol. The smallest absolute Gasteiger partial charge is 0.123 e. The maximum atomic E-state index is 13.3. The number of nitrogens with two attached hydrogens (primary N) is 1. The van der Waals surface area contributed by atoms with Gasteiger partial charge in [-0.15, -0.1) is 0 Å². The minimum Gasteiger partial charge on any atom is -0.384 e. The third-order valence-electron chi connectivity index (χ3n) is 3.95.